The Labute approximate surface area is 185 Å². The van der Waals surface area contributed by atoms with Gasteiger partial charge in [-0.1, -0.05) is 85.9 Å². The maximum atomic E-state index is 11.2. The molecule has 0 aromatic heterocycles. The van der Waals surface area contributed by atoms with E-state index in [4.69, 9.17) is 4.79 Å². The van der Waals surface area contributed by atoms with Gasteiger partial charge in [-0.2, -0.15) is 0 Å². The zero-order valence-corrected chi connectivity index (χ0v) is 17.1. The van der Waals surface area contributed by atoms with Gasteiger partial charge in [-0.05, 0) is 11.1 Å². The SMILES string of the molecule is NC(=O)S.O=C(S)NC(c1ccccc1)c1ccccc1.[H-].[K+]. The van der Waals surface area contributed by atoms with Crippen molar-refractivity contribution in [3.05, 3.63) is 71.8 Å². The van der Waals surface area contributed by atoms with Crippen LogP contribution >= 0.6 is 25.3 Å². The summed E-state index contributed by atoms with van der Waals surface area (Å²) in [7, 11) is 0. The maximum Gasteiger partial charge on any atom is 1.00 e. The molecule has 0 aliphatic rings. The molecule has 0 heterocycles. The number of carbonyl (C=O) groups excluding carboxylic acids is 2. The summed E-state index contributed by atoms with van der Waals surface area (Å²) in [4.78, 5) is 20.2. The normalized spacial score (nSPS) is 9.05. The number of carbonyl (C=O) groups is 2. The van der Waals surface area contributed by atoms with Crippen LogP contribution in [0.1, 0.15) is 18.6 Å². The van der Waals surface area contributed by atoms with Crippen LogP contribution in [0.3, 0.4) is 0 Å². The third-order valence-electron chi connectivity index (χ3n) is 2.53. The molecule has 112 valence electrons. The molecule has 0 unspecified atom stereocenters. The first-order valence-electron chi connectivity index (χ1n) is 6.08. The number of nitrogens with two attached hydrogens (primary N) is 1. The second-order valence-corrected chi connectivity index (χ2v) is 4.89. The van der Waals surface area contributed by atoms with Gasteiger partial charge in [0.05, 0.1) is 6.04 Å². The summed E-state index contributed by atoms with van der Waals surface area (Å²) in [6, 6.07) is 19.5. The topological polar surface area (TPSA) is 72.2 Å². The molecule has 0 spiro atoms. The predicted octanol–water partition coefficient (Wildman–Crippen LogP) is 0.527. The first kappa shape index (κ1) is 21.7. The average molecular weight is 361 g/mol. The second-order valence-electron chi connectivity index (χ2n) is 4.04. The van der Waals surface area contributed by atoms with Crippen molar-refractivity contribution in [1.29, 1.82) is 0 Å². The fraction of sp³-hybridized carbons (Fsp3) is 0.0667. The number of thiol groups is 2. The van der Waals surface area contributed by atoms with Crippen molar-refractivity contribution >= 4 is 35.7 Å². The summed E-state index contributed by atoms with van der Waals surface area (Å²) >= 11 is 6.89. The van der Waals surface area contributed by atoms with E-state index in [0.717, 1.165) is 11.1 Å². The molecular weight excluding hydrogens is 343 g/mol. The van der Waals surface area contributed by atoms with Gasteiger partial charge in [0.2, 0.25) is 0 Å². The predicted molar refractivity (Wildman–Crippen MR) is 91.9 cm³/mol. The van der Waals surface area contributed by atoms with Gasteiger partial charge in [0.1, 0.15) is 0 Å². The third kappa shape index (κ3) is 8.99. The van der Waals surface area contributed by atoms with Gasteiger partial charge in [0, 0.05) is 0 Å². The van der Waals surface area contributed by atoms with E-state index in [0.29, 0.717) is 0 Å². The monoisotopic (exact) mass is 360 g/mol. The Morgan fingerprint density at radius 2 is 1.23 bits per heavy atom. The van der Waals surface area contributed by atoms with E-state index in [-0.39, 0.29) is 64.1 Å². The molecule has 2 aromatic rings. The van der Waals surface area contributed by atoms with Crippen LogP contribution in [0.5, 0.6) is 0 Å². The standard InChI is InChI=1S/C14H13NOS.CH3NOS.K.H/c16-14(17)15-13(11-7-3-1-4-8-11)12-9-5-2-6-10-12;2-1(3)4;;/h1-10,13H,(H2,15,16,17);(H3,2,3,4);;/q;;+1;-1. The minimum absolute atomic E-state index is 0. The zero-order valence-electron chi connectivity index (χ0n) is 13.1. The van der Waals surface area contributed by atoms with Gasteiger partial charge < -0.3 is 12.5 Å². The van der Waals surface area contributed by atoms with Crippen LogP contribution in [-0.2, 0) is 0 Å². The fourth-order valence-electron chi connectivity index (χ4n) is 1.77. The van der Waals surface area contributed by atoms with Gasteiger partial charge in [-0.3, -0.25) is 9.59 Å². The van der Waals surface area contributed by atoms with E-state index >= 15 is 0 Å². The molecule has 2 rings (SSSR count). The molecule has 0 fully saturated rings. The summed E-state index contributed by atoms with van der Waals surface area (Å²) in [5.74, 6) is 0. The van der Waals surface area contributed by atoms with Crippen LogP contribution in [0.15, 0.2) is 60.7 Å². The smallest absolute Gasteiger partial charge is 1.00 e. The van der Waals surface area contributed by atoms with Crippen LogP contribution in [0, 0.1) is 0 Å². The van der Waals surface area contributed by atoms with Crippen LogP contribution in [-0.4, -0.2) is 10.5 Å². The summed E-state index contributed by atoms with van der Waals surface area (Å²) in [5.41, 5.74) is 6.42. The molecule has 0 aliphatic carbocycles. The van der Waals surface area contributed by atoms with Gasteiger partial charge in [0.25, 0.3) is 10.5 Å². The largest absolute Gasteiger partial charge is 1.00 e. The molecule has 0 saturated carbocycles. The van der Waals surface area contributed by atoms with Crippen LogP contribution in [0.25, 0.3) is 0 Å². The number of benzene rings is 2. The number of rotatable bonds is 3. The number of hydrogen-bond acceptors (Lipinski definition) is 2. The number of amides is 2. The Morgan fingerprint density at radius 1 is 0.909 bits per heavy atom. The molecule has 3 N–H and O–H groups in total. The van der Waals surface area contributed by atoms with Crippen molar-refractivity contribution < 1.29 is 62.4 Å². The summed E-state index contributed by atoms with van der Waals surface area (Å²) < 4.78 is 0. The summed E-state index contributed by atoms with van der Waals surface area (Å²) in [6.07, 6.45) is 0. The maximum absolute atomic E-state index is 11.2. The Bertz CT molecular complexity index is 545. The zero-order chi connectivity index (χ0) is 15.7. The van der Waals surface area contributed by atoms with Gasteiger partial charge in [-0.15, -0.1) is 0 Å². The number of hydrogen-bond donors (Lipinski definition) is 4. The molecule has 0 saturated heterocycles. The van der Waals surface area contributed by atoms with Crippen molar-refractivity contribution in [2.45, 2.75) is 6.04 Å². The molecule has 2 aromatic carbocycles. The van der Waals surface area contributed by atoms with E-state index in [2.05, 4.69) is 36.3 Å². The van der Waals surface area contributed by atoms with Crippen molar-refractivity contribution in [3.63, 3.8) is 0 Å². The Hall–Kier alpha value is -0.284. The van der Waals surface area contributed by atoms with E-state index in [1.807, 2.05) is 60.7 Å². The molecule has 4 nitrogen and oxygen atoms in total. The summed E-state index contributed by atoms with van der Waals surface area (Å²) in [5, 5.41) is 1.87. The number of nitrogens with one attached hydrogen (secondary N) is 1. The van der Waals surface area contributed by atoms with Gasteiger partial charge in [0.15, 0.2) is 0 Å². The van der Waals surface area contributed by atoms with Crippen molar-refractivity contribution in [1.82, 2.24) is 5.32 Å². The molecule has 0 atom stereocenters. The Morgan fingerprint density at radius 3 is 1.50 bits per heavy atom. The van der Waals surface area contributed by atoms with Gasteiger partial charge >= 0.3 is 51.4 Å². The Balaban J connectivity index is 0. The van der Waals surface area contributed by atoms with Crippen LogP contribution in [0.4, 0.5) is 9.59 Å². The minimum atomic E-state index is -0.639. The van der Waals surface area contributed by atoms with Crippen LogP contribution < -0.4 is 62.4 Å². The minimum Gasteiger partial charge on any atom is -1.00 e. The Kier molecular flexibility index (Phi) is 12.0. The summed E-state index contributed by atoms with van der Waals surface area (Å²) in [6.45, 7) is 0. The molecule has 22 heavy (non-hydrogen) atoms. The van der Waals surface area contributed by atoms with Crippen molar-refractivity contribution in [2.24, 2.45) is 5.73 Å². The van der Waals surface area contributed by atoms with Crippen LogP contribution in [0.2, 0.25) is 0 Å². The third-order valence-corrected chi connectivity index (χ3v) is 2.66. The first-order chi connectivity index (χ1) is 10.0. The molecule has 7 heteroatoms. The van der Waals surface area contributed by atoms with Crippen molar-refractivity contribution in [2.75, 3.05) is 0 Å². The van der Waals surface area contributed by atoms with E-state index in [1.165, 1.54) is 0 Å². The molecule has 0 radical (unpaired) electrons. The molecular formula is C15H17KN2O2S2. The number of primary amides is 1. The molecule has 0 aliphatic heterocycles. The molecule has 0 bridgehead atoms. The fourth-order valence-corrected chi connectivity index (χ4v) is 1.90. The molecule has 2 amide bonds. The van der Waals surface area contributed by atoms with Crippen molar-refractivity contribution in [3.8, 4) is 0 Å². The van der Waals surface area contributed by atoms with Gasteiger partial charge in [-0.25, -0.2) is 0 Å². The van der Waals surface area contributed by atoms with E-state index < -0.39 is 5.24 Å². The first-order valence-corrected chi connectivity index (χ1v) is 6.98. The van der Waals surface area contributed by atoms with E-state index in [9.17, 15) is 4.79 Å². The quantitative estimate of drug-likeness (QED) is 0.476. The van der Waals surface area contributed by atoms with E-state index in [1.54, 1.807) is 0 Å². The average Bonchev–Trinajstić information content (AvgIpc) is 2.46. The second kappa shape index (κ2) is 12.2.